The number of hydrogen-bond acceptors (Lipinski definition) is 5. The highest BCUT2D eigenvalue weighted by Gasteiger charge is 2.32. The average molecular weight is 491 g/mol. The highest BCUT2D eigenvalue weighted by Crippen LogP contribution is 2.35. The van der Waals surface area contributed by atoms with Crippen LogP contribution in [0.2, 0.25) is 0 Å². The van der Waals surface area contributed by atoms with Crippen LogP contribution in [-0.2, 0) is 29.5 Å². The number of fused-ring (bicyclic) bond motifs is 1. The van der Waals surface area contributed by atoms with Crippen molar-refractivity contribution >= 4 is 17.3 Å². The molecule has 192 valence electrons. The lowest BCUT2D eigenvalue weighted by Gasteiger charge is -2.30. The van der Waals surface area contributed by atoms with E-state index in [2.05, 4.69) is 52.6 Å². The van der Waals surface area contributed by atoms with Gasteiger partial charge in [-0.05, 0) is 36.8 Å². The number of carbonyl (C=O) groups excluding carboxylic acids is 1. The van der Waals surface area contributed by atoms with Gasteiger partial charge in [0.25, 0.3) is 0 Å². The zero-order valence-electron chi connectivity index (χ0n) is 21.8. The summed E-state index contributed by atoms with van der Waals surface area (Å²) in [6.45, 7) is 12.1. The maximum Gasteiger partial charge on any atom is 0.219 e. The molecule has 2 atom stereocenters. The molecule has 1 saturated heterocycles. The Labute approximate surface area is 213 Å². The number of anilines is 1. The lowest BCUT2D eigenvalue weighted by Crippen LogP contribution is -2.35. The van der Waals surface area contributed by atoms with Gasteiger partial charge < -0.3 is 14.5 Å². The van der Waals surface area contributed by atoms with Crippen LogP contribution < -0.4 is 4.90 Å². The van der Waals surface area contributed by atoms with Crippen molar-refractivity contribution in [3.63, 3.8) is 0 Å². The molecular weight excluding hydrogens is 452 g/mol. The Balaban J connectivity index is 1.53. The van der Waals surface area contributed by atoms with Crippen molar-refractivity contribution in [3.05, 3.63) is 59.7 Å². The predicted octanol–water partition coefficient (Wildman–Crippen LogP) is 4.26. The van der Waals surface area contributed by atoms with Gasteiger partial charge in [-0.15, -0.1) is 0 Å². The van der Waals surface area contributed by atoms with Crippen molar-refractivity contribution in [2.24, 2.45) is 13.0 Å². The molecule has 5 heterocycles. The van der Waals surface area contributed by atoms with Crippen LogP contribution >= 0.6 is 0 Å². The van der Waals surface area contributed by atoms with Crippen molar-refractivity contribution in [2.75, 3.05) is 31.2 Å². The number of aryl methyl sites for hydroxylation is 1. The maximum absolute atomic E-state index is 12.3. The van der Waals surface area contributed by atoms with Gasteiger partial charge in [0.15, 0.2) is 5.82 Å². The van der Waals surface area contributed by atoms with E-state index < -0.39 is 0 Å². The van der Waals surface area contributed by atoms with E-state index in [-0.39, 0.29) is 11.9 Å². The number of aromatic nitrogens is 4. The van der Waals surface area contributed by atoms with Crippen LogP contribution in [0.3, 0.4) is 0 Å². The molecule has 0 spiro atoms. The molecule has 8 nitrogen and oxygen atoms in total. The molecule has 1 amide bonds. The molecule has 0 N–H and O–H groups in total. The molecule has 2 aromatic heterocycles. The molecule has 8 heteroatoms. The Morgan fingerprint density at radius 1 is 1.25 bits per heavy atom. The highest BCUT2D eigenvalue weighted by atomic mass is 16.5. The van der Waals surface area contributed by atoms with Crippen LogP contribution in [0.5, 0.6) is 0 Å². The number of ether oxygens (including phenoxy) is 1. The van der Waals surface area contributed by atoms with Crippen molar-refractivity contribution < 1.29 is 9.53 Å². The molecule has 5 rings (SSSR count). The van der Waals surface area contributed by atoms with Crippen molar-refractivity contribution in [2.45, 2.75) is 58.5 Å². The van der Waals surface area contributed by atoms with Crippen LogP contribution in [0.15, 0.2) is 42.9 Å². The predicted molar refractivity (Wildman–Crippen MR) is 141 cm³/mol. The number of carbonyl (C=O) groups is 1. The minimum atomic E-state index is 0.112. The zero-order valence-corrected chi connectivity index (χ0v) is 21.8. The molecule has 3 aliphatic heterocycles. The van der Waals surface area contributed by atoms with Gasteiger partial charge in [-0.1, -0.05) is 32.1 Å². The number of allylic oxidation sites excluding steroid dienone is 4. The fraction of sp³-hybridized carbons (Fsp3) is 0.536. The van der Waals surface area contributed by atoms with Gasteiger partial charge in [0.05, 0.1) is 25.4 Å². The summed E-state index contributed by atoms with van der Waals surface area (Å²) in [6, 6.07) is 0.254. The fourth-order valence-electron chi connectivity index (χ4n) is 5.54. The Kier molecular flexibility index (Phi) is 7.14. The van der Waals surface area contributed by atoms with Crippen LogP contribution in [0.1, 0.15) is 62.4 Å². The second kappa shape index (κ2) is 10.5. The third kappa shape index (κ3) is 4.91. The Bertz CT molecular complexity index is 1180. The van der Waals surface area contributed by atoms with Crippen LogP contribution in [0.25, 0.3) is 5.57 Å². The number of hydrogen-bond donors (Lipinski definition) is 0. The first kappa shape index (κ1) is 24.6. The third-order valence-electron chi connectivity index (χ3n) is 7.87. The summed E-state index contributed by atoms with van der Waals surface area (Å²) >= 11 is 0. The Morgan fingerprint density at radius 2 is 2.11 bits per heavy atom. The summed E-state index contributed by atoms with van der Waals surface area (Å²) in [4.78, 5) is 16.5. The molecule has 1 fully saturated rings. The minimum absolute atomic E-state index is 0.112. The van der Waals surface area contributed by atoms with Gasteiger partial charge in [0, 0.05) is 68.8 Å². The summed E-state index contributed by atoms with van der Waals surface area (Å²) in [5.41, 5.74) is 5.60. The minimum Gasteiger partial charge on any atom is -0.379 e. The van der Waals surface area contributed by atoms with Crippen LogP contribution in [0, 0.1) is 5.92 Å². The van der Waals surface area contributed by atoms with Gasteiger partial charge in [0.2, 0.25) is 5.91 Å². The number of nitrogens with zero attached hydrogens (tertiary/aromatic N) is 6. The van der Waals surface area contributed by atoms with E-state index in [1.807, 2.05) is 22.8 Å². The van der Waals surface area contributed by atoms with E-state index in [1.165, 1.54) is 11.3 Å². The molecule has 0 unspecified atom stereocenters. The monoisotopic (exact) mass is 490 g/mol. The standard InChI is InChI=1S/C28H38N6O2/c1-5-22-7-9-23(24-16-29-31(4)17-24)8-6-20(2)33(14-10-22)28-26-18-32(21(3)35)13-11-27(26)34(30-28)25-12-15-36-19-25/h6,8-9,16-17,22,25H,2,5,7,10-15,18-19H2,1,3-4H3/b8-6-,23-9+/t22-,25-/m0/s1. The molecule has 2 aromatic rings. The van der Waals surface area contributed by atoms with E-state index in [0.717, 1.165) is 74.4 Å². The summed E-state index contributed by atoms with van der Waals surface area (Å²) in [5, 5.41) is 9.57. The molecule has 0 aromatic carbocycles. The van der Waals surface area contributed by atoms with Gasteiger partial charge in [-0.2, -0.15) is 10.2 Å². The third-order valence-corrected chi connectivity index (χ3v) is 7.87. The van der Waals surface area contributed by atoms with E-state index in [0.29, 0.717) is 19.1 Å². The largest absolute Gasteiger partial charge is 0.379 e. The molecule has 3 aliphatic rings. The second-order valence-electron chi connectivity index (χ2n) is 10.2. The summed E-state index contributed by atoms with van der Waals surface area (Å²) < 4.78 is 9.75. The van der Waals surface area contributed by atoms with Crippen LogP contribution in [0.4, 0.5) is 5.82 Å². The van der Waals surface area contributed by atoms with Gasteiger partial charge in [-0.3, -0.25) is 14.2 Å². The summed E-state index contributed by atoms with van der Waals surface area (Å²) in [5.74, 6) is 1.62. The summed E-state index contributed by atoms with van der Waals surface area (Å²) in [6.07, 6.45) is 15.5. The van der Waals surface area contributed by atoms with Crippen molar-refractivity contribution in [1.29, 1.82) is 0 Å². The van der Waals surface area contributed by atoms with E-state index in [9.17, 15) is 4.79 Å². The Morgan fingerprint density at radius 3 is 2.81 bits per heavy atom. The first-order valence-electron chi connectivity index (χ1n) is 13.2. The maximum atomic E-state index is 12.3. The number of rotatable bonds is 4. The first-order valence-corrected chi connectivity index (χ1v) is 13.2. The topological polar surface area (TPSA) is 68.4 Å². The quantitative estimate of drug-likeness (QED) is 0.641. The number of amides is 1. The Hall–Kier alpha value is -3.13. The second-order valence-corrected chi connectivity index (χ2v) is 10.2. The van der Waals surface area contributed by atoms with Crippen molar-refractivity contribution in [3.8, 4) is 0 Å². The lowest BCUT2D eigenvalue weighted by atomic mass is 9.94. The van der Waals surface area contributed by atoms with E-state index in [4.69, 9.17) is 9.84 Å². The highest BCUT2D eigenvalue weighted by molar-refractivity contribution is 5.75. The van der Waals surface area contributed by atoms with Gasteiger partial charge in [0.1, 0.15) is 0 Å². The zero-order chi connectivity index (χ0) is 25.2. The smallest absolute Gasteiger partial charge is 0.219 e. The molecule has 0 aliphatic carbocycles. The molecule has 0 saturated carbocycles. The molecule has 0 bridgehead atoms. The van der Waals surface area contributed by atoms with Crippen molar-refractivity contribution in [1.82, 2.24) is 24.5 Å². The molecule has 36 heavy (non-hydrogen) atoms. The van der Waals surface area contributed by atoms with E-state index >= 15 is 0 Å². The lowest BCUT2D eigenvalue weighted by molar-refractivity contribution is -0.129. The van der Waals surface area contributed by atoms with Gasteiger partial charge in [-0.25, -0.2) is 0 Å². The van der Waals surface area contributed by atoms with E-state index in [1.54, 1.807) is 6.92 Å². The molecule has 0 radical (unpaired) electrons. The molecular formula is C28H38N6O2. The fourth-order valence-corrected chi connectivity index (χ4v) is 5.54. The SMILES string of the molecule is C=C1/C=C\C(c2cnn(C)c2)=C/C[C@H](CC)CCN1c1nn([C@H]2CCOC2)c2c1CN(C(C)=O)CC2. The normalized spacial score (nSPS) is 25.4. The van der Waals surface area contributed by atoms with Crippen LogP contribution in [-0.4, -0.2) is 56.7 Å². The first-order chi connectivity index (χ1) is 17.4. The summed E-state index contributed by atoms with van der Waals surface area (Å²) in [7, 11) is 1.95. The average Bonchev–Trinajstić information content (AvgIpc) is 3.62. The van der Waals surface area contributed by atoms with Gasteiger partial charge >= 0.3 is 0 Å².